The molecule has 97 valence electrons. The zero-order valence-electron chi connectivity index (χ0n) is 11.1. The Hall–Kier alpha value is -2.57. The van der Waals surface area contributed by atoms with Gasteiger partial charge in [0.25, 0.3) is 0 Å². The highest BCUT2D eigenvalue weighted by atomic mass is 16.6. The number of nitriles is 4. The van der Waals surface area contributed by atoms with Gasteiger partial charge in [-0.15, -0.1) is 0 Å². The summed E-state index contributed by atoms with van der Waals surface area (Å²) >= 11 is 0. The van der Waals surface area contributed by atoms with Gasteiger partial charge in [0, 0.05) is 0 Å². The molecular formula is C14H9N4O2. The largest absolute Gasteiger partial charge is 0.459 e. The number of rotatable bonds is 1. The fraction of sp³-hybridized carbons (Fsp3) is 0.286. The first-order valence-corrected chi connectivity index (χ1v) is 5.51. The smallest absolute Gasteiger partial charge is 0.317 e. The van der Waals surface area contributed by atoms with E-state index in [1.165, 1.54) is 0 Å². The van der Waals surface area contributed by atoms with Gasteiger partial charge in [-0.3, -0.25) is 4.79 Å². The van der Waals surface area contributed by atoms with Crippen LogP contribution in [0.3, 0.4) is 0 Å². The van der Waals surface area contributed by atoms with Crippen LogP contribution in [-0.2, 0) is 9.53 Å². The minimum atomic E-state index is -0.899. The average Bonchev–Trinajstić information content (AvgIpc) is 2.68. The molecule has 20 heavy (non-hydrogen) atoms. The van der Waals surface area contributed by atoms with Crippen molar-refractivity contribution in [3.63, 3.8) is 0 Å². The summed E-state index contributed by atoms with van der Waals surface area (Å²) in [5, 5.41) is 36.1. The highest BCUT2D eigenvalue weighted by Crippen LogP contribution is 2.52. The molecule has 0 spiro atoms. The van der Waals surface area contributed by atoms with Gasteiger partial charge in [0.15, 0.2) is 0 Å². The predicted molar refractivity (Wildman–Crippen MR) is 64.5 cm³/mol. The van der Waals surface area contributed by atoms with E-state index in [0.29, 0.717) is 0 Å². The van der Waals surface area contributed by atoms with Gasteiger partial charge in [-0.1, -0.05) is 0 Å². The molecule has 0 aliphatic heterocycles. The van der Waals surface area contributed by atoms with Crippen molar-refractivity contribution in [2.45, 2.75) is 26.4 Å². The van der Waals surface area contributed by atoms with Crippen LogP contribution in [0.4, 0.5) is 0 Å². The third kappa shape index (κ3) is 2.71. The molecule has 0 saturated heterocycles. The quantitative estimate of drug-likeness (QED) is 0.658. The molecule has 0 aromatic heterocycles. The molecule has 0 amide bonds. The number of hydrogen-bond donors (Lipinski definition) is 0. The molecule has 5 radical (unpaired) electrons. The summed E-state index contributed by atoms with van der Waals surface area (Å²) in [6.07, 6.45) is 0. The second kappa shape index (κ2) is 5.60. The lowest BCUT2D eigenvalue weighted by Crippen LogP contribution is -2.31. The summed E-state index contributed by atoms with van der Waals surface area (Å²) < 4.78 is 5.11. The van der Waals surface area contributed by atoms with E-state index in [1.807, 2.05) is 0 Å². The van der Waals surface area contributed by atoms with E-state index in [0.717, 1.165) is 0 Å². The SMILES string of the molecule is CC(C)(C)OC(=O)[C]1[C](C#N)[C](C#N)[C](C#N)[C]1C#N. The molecule has 6 nitrogen and oxygen atoms in total. The summed E-state index contributed by atoms with van der Waals surface area (Å²) in [5.41, 5.74) is -0.826. The maximum absolute atomic E-state index is 12.1. The van der Waals surface area contributed by atoms with Crippen molar-refractivity contribution < 1.29 is 9.53 Å². The lowest BCUT2D eigenvalue weighted by molar-refractivity contribution is -0.151. The first-order valence-electron chi connectivity index (χ1n) is 5.51. The van der Waals surface area contributed by atoms with Crippen LogP contribution in [0.1, 0.15) is 20.8 Å². The molecular weight excluding hydrogens is 256 g/mol. The van der Waals surface area contributed by atoms with E-state index in [-0.39, 0.29) is 29.6 Å². The predicted octanol–water partition coefficient (Wildman–Crippen LogP) is 1.31. The molecule has 1 aliphatic rings. The van der Waals surface area contributed by atoms with Crippen molar-refractivity contribution in [1.29, 1.82) is 21.0 Å². The molecule has 1 fully saturated rings. The van der Waals surface area contributed by atoms with Crippen molar-refractivity contribution >= 4 is 5.97 Å². The molecule has 0 aromatic rings. The Labute approximate surface area is 117 Å². The van der Waals surface area contributed by atoms with E-state index in [4.69, 9.17) is 25.8 Å². The Kier molecular flexibility index (Phi) is 4.34. The van der Waals surface area contributed by atoms with E-state index in [2.05, 4.69) is 0 Å². The van der Waals surface area contributed by atoms with Crippen LogP contribution in [-0.4, -0.2) is 11.6 Å². The highest BCUT2D eigenvalue weighted by molar-refractivity contribution is 6.02. The van der Waals surface area contributed by atoms with E-state index in [1.54, 1.807) is 45.0 Å². The standard InChI is InChI=1S/C14H9N4O2/c1-14(2,3)20-13(19)12-10(6-17)8(4-15)9(5-16)11(12)7-18/h1-3H3. The third-order valence-corrected chi connectivity index (χ3v) is 2.30. The fourth-order valence-electron chi connectivity index (χ4n) is 1.61. The van der Waals surface area contributed by atoms with Gasteiger partial charge >= 0.3 is 5.97 Å². The van der Waals surface area contributed by atoms with Crippen LogP contribution < -0.4 is 0 Å². The Balaban J connectivity index is 3.20. The molecule has 1 aliphatic carbocycles. The monoisotopic (exact) mass is 265 g/mol. The number of ether oxygens (including phenoxy) is 1. The van der Waals surface area contributed by atoms with Crippen molar-refractivity contribution in [2.24, 2.45) is 0 Å². The van der Waals surface area contributed by atoms with E-state index in [9.17, 15) is 4.79 Å². The van der Waals surface area contributed by atoms with E-state index >= 15 is 0 Å². The minimum absolute atomic E-state index is 0.271. The molecule has 0 atom stereocenters. The summed E-state index contributed by atoms with van der Waals surface area (Å²) in [6.45, 7) is 4.88. The average molecular weight is 265 g/mol. The zero-order chi connectivity index (χ0) is 15.5. The summed E-state index contributed by atoms with van der Waals surface area (Å²) in [5.74, 6) is -2.36. The number of carbonyl (C=O) groups is 1. The van der Waals surface area contributed by atoms with Gasteiger partial charge in [-0.05, 0) is 20.8 Å². The second-order valence-electron chi connectivity index (χ2n) is 4.82. The maximum Gasteiger partial charge on any atom is 0.317 e. The third-order valence-electron chi connectivity index (χ3n) is 2.30. The van der Waals surface area contributed by atoms with Gasteiger partial charge in [0.2, 0.25) is 0 Å². The molecule has 0 N–H and O–H groups in total. The van der Waals surface area contributed by atoms with Gasteiger partial charge < -0.3 is 4.74 Å². The number of esters is 1. The molecule has 0 heterocycles. The molecule has 0 bridgehead atoms. The Morgan fingerprint density at radius 2 is 1.20 bits per heavy atom. The van der Waals surface area contributed by atoms with Crippen LogP contribution in [0.25, 0.3) is 0 Å². The van der Waals surface area contributed by atoms with E-state index < -0.39 is 11.6 Å². The van der Waals surface area contributed by atoms with Gasteiger partial charge in [0.1, 0.15) is 35.2 Å². The Morgan fingerprint density at radius 3 is 1.45 bits per heavy atom. The van der Waals surface area contributed by atoms with Crippen LogP contribution >= 0.6 is 0 Å². The highest BCUT2D eigenvalue weighted by Gasteiger charge is 2.59. The normalized spacial score (nSPS) is 18.8. The summed E-state index contributed by atoms with van der Waals surface area (Å²) in [6, 6.07) is 6.72. The first kappa shape index (κ1) is 15.5. The van der Waals surface area contributed by atoms with Crippen LogP contribution in [0.5, 0.6) is 0 Å². The van der Waals surface area contributed by atoms with Crippen LogP contribution in [0.2, 0.25) is 0 Å². The second-order valence-corrected chi connectivity index (χ2v) is 4.82. The van der Waals surface area contributed by atoms with Gasteiger partial charge in [0.05, 0.1) is 24.3 Å². The van der Waals surface area contributed by atoms with Crippen molar-refractivity contribution in [3.05, 3.63) is 29.6 Å². The fourth-order valence-corrected chi connectivity index (χ4v) is 1.61. The van der Waals surface area contributed by atoms with Crippen molar-refractivity contribution in [3.8, 4) is 24.3 Å². The number of hydrogen-bond acceptors (Lipinski definition) is 6. The lowest BCUT2D eigenvalue weighted by Gasteiger charge is -2.23. The Bertz CT molecular complexity index is 526. The van der Waals surface area contributed by atoms with Crippen molar-refractivity contribution in [1.82, 2.24) is 0 Å². The molecule has 6 heteroatoms. The zero-order valence-corrected chi connectivity index (χ0v) is 11.1. The summed E-state index contributed by atoms with van der Waals surface area (Å²) in [7, 11) is 0. The first-order chi connectivity index (χ1) is 9.30. The minimum Gasteiger partial charge on any atom is -0.459 e. The maximum atomic E-state index is 12.1. The topological polar surface area (TPSA) is 121 Å². The van der Waals surface area contributed by atoms with Crippen molar-refractivity contribution in [2.75, 3.05) is 0 Å². The van der Waals surface area contributed by atoms with Gasteiger partial charge in [-0.2, -0.15) is 21.0 Å². The molecule has 1 saturated carbocycles. The van der Waals surface area contributed by atoms with Gasteiger partial charge in [-0.25, -0.2) is 0 Å². The summed E-state index contributed by atoms with van der Waals surface area (Å²) in [4.78, 5) is 12.1. The Morgan fingerprint density at radius 1 is 0.850 bits per heavy atom. The number of carbonyl (C=O) groups excluding carboxylic acids is 1. The molecule has 0 aromatic carbocycles. The number of nitrogens with zero attached hydrogens (tertiary/aromatic N) is 4. The molecule has 0 unspecified atom stereocenters. The molecule has 1 rings (SSSR count). The van der Waals surface area contributed by atoms with Crippen LogP contribution in [0.15, 0.2) is 0 Å². The lowest BCUT2D eigenvalue weighted by atomic mass is 9.88. The van der Waals surface area contributed by atoms with Crippen LogP contribution in [0, 0.1) is 74.9 Å².